The monoisotopic (exact) mass is 427 g/mol. The van der Waals surface area contributed by atoms with Crippen LogP contribution >= 0.6 is 0 Å². The highest BCUT2D eigenvalue weighted by Gasteiger charge is 2.25. The molecule has 1 aromatic heterocycles. The summed E-state index contributed by atoms with van der Waals surface area (Å²) in [6.07, 6.45) is 3.05. The van der Waals surface area contributed by atoms with Gasteiger partial charge in [-0.05, 0) is 50.8 Å². The predicted octanol–water partition coefficient (Wildman–Crippen LogP) is 2.98. The third-order valence-electron chi connectivity index (χ3n) is 5.61. The zero-order valence-electron chi connectivity index (χ0n) is 18.3. The van der Waals surface area contributed by atoms with Crippen LogP contribution < -0.4 is 5.32 Å². The minimum Gasteiger partial charge on any atom is -0.352 e. The number of carbonyl (C=O) groups is 2. The number of benzene rings is 1. The van der Waals surface area contributed by atoms with Crippen molar-refractivity contribution in [3.63, 3.8) is 0 Å². The summed E-state index contributed by atoms with van der Waals surface area (Å²) in [5.74, 6) is -0.0155. The summed E-state index contributed by atoms with van der Waals surface area (Å²) >= 11 is 0. The van der Waals surface area contributed by atoms with Gasteiger partial charge in [-0.1, -0.05) is 19.1 Å². The van der Waals surface area contributed by atoms with Crippen LogP contribution in [0.1, 0.15) is 59.9 Å². The summed E-state index contributed by atoms with van der Waals surface area (Å²) in [6.45, 7) is 6.87. The molecule has 1 saturated heterocycles. The molecule has 1 N–H and O–H groups in total. The number of aryl methyl sites for hydroxylation is 1. The average molecular weight is 428 g/mol. The number of likely N-dealkylation sites (tertiary alicyclic amines) is 1. The van der Waals surface area contributed by atoms with Crippen LogP contribution in [-0.4, -0.2) is 50.5 Å². The minimum atomic E-state index is -0.410. The minimum absolute atomic E-state index is 0.00200. The van der Waals surface area contributed by atoms with Crippen molar-refractivity contribution < 1.29 is 14.5 Å². The first-order valence-corrected chi connectivity index (χ1v) is 10.7. The van der Waals surface area contributed by atoms with Gasteiger partial charge in [0.25, 0.3) is 5.91 Å². The summed E-state index contributed by atoms with van der Waals surface area (Å²) in [5, 5.41) is 18.5. The van der Waals surface area contributed by atoms with Gasteiger partial charge < -0.3 is 10.2 Å². The maximum absolute atomic E-state index is 12.9. The van der Waals surface area contributed by atoms with Gasteiger partial charge in [-0.15, -0.1) is 0 Å². The maximum Gasteiger partial charge on any atom is 0.312 e. The average Bonchev–Trinajstić information content (AvgIpc) is 3.01. The van der Waals surface area contributed by atoms with Crippen LogP contribution in [0.5, 0.6) is 0 Å². The van der Waals surface area contributed by atoms with Gasteiger partial charge in [-0.25, -0.2) is 0 Å². The lowest BCUT2D eigenvalue weighted by atomic mass is 10.0. The van der Waals surface area contributed by atoms with Crippen molar-refractivity contribution >= 4 is 17.5 Å². The Hall–Kier alpha value is -3.23. The summed E-state index contributed by atoms with van der Waals surface area (Å²) in [5.41, 5.74) is 2.42. The molecule has 2 heterocycles. The van der Waals surface area contributed by atoms with E-state index in [0.29, 0.717) is 43.0 Å². The van der Waals surface area contributed by atoms with Crippen LogP contribution in [0.2, 0.25) is 0 Å². The lowest BCUT2D eigenvalue weighted by molar-refractivity contribution is -0.386. The Morgan fingerprint density at radius 1 is 1.26 bits per heavy atom. The Morgan fingerprint density at radius 2 is 1.97 bits per heavy atom. The summed E-state index contributed by atoms with van der Waals surface area (Å²) < 4.78 is 1.61. The number of nitro groups is 1. The first-order chi connectivity index (χ1) is 14.8. The Balaban J connectivity index is 1.64. The quantitative estimate of drug-likeness (QED) is 0.539. The van der Waals surface area contributed by atoms with Crippen LogP contribution in [-0.2, 0) is 11.3 Å². The van der Waals surface area contributed by atoms with Crippen LogP contribution in [0.4, 0.5) is 5.69 Å². The number of amides is 2. The number of rotatable bonds is 7. The lowest BCUT2D eigenvalue weighted by Gasteiger charge is -2.33. The molecule has 1 aliphatic heterocycles. The molecule has 0 aliphatic carbocycles. The SMILES string of the molecule is CCCC(=O)NC1CCCN(C(=O)c2ccc(Cn3nc(C)c([N+](=O)[O-])c3C)cc2)C1. The van der Waals surface area contributed by atoms with E-state index in [4.69, 9.17) is 0 Å². The van der Waals surface area contributed by atoms with Gasteiger partial charge >= 0.3 is 5.69 Å². The van der Waals surface area contributed by atoms with Crippen LogP contribution in [0.3, 0.4) is 0 Å². The zero-order valence-corrected chi connectivity index (χ0v) is 18.3. The molecule has 1 fully saturated rings. The van der Waals surface area contributed by atoms with E-state index in [1.54, 1.807) is 35.6 Å². The molecule has 0 bridgehead atoms. The molecule has 1 aliphatic rings. The predicted molar refractivity (Wildman–Crippen MR) is 116 cm³/mol. The van der Waals surface area contributed by atoms with E-state index < -0.39 is 4.92 Å². The molecule has 1 atom stereocenters. The number of piperidine rings is 1. The topological polar surface area (TPSA) is 110 Å². The molecule has 0 spiro atoms. The molecule has 1 aromatic carbocycles. The van der Waals surface area contributed by atoms with E-state index >= 15 is 0 Å². The van der Waals surface area contributed by atoms with Crippen molar-refractivity contribution in [3.8, 4) is 0 Å². The summed E-state index contributed by atoms with van der Waals surface area (Å²) in [4.78, 5) is 37.4. The fourth-order valence-corrected chi connectivity index (χ4v) is 4.02. The fourth-order valence-electron chi connectivity index (χ4n) is 4.02. The molecule has 1 unspecified atom stereocenters. The largest absolute Gasteiger partial charge is 0.352 e. The Kier molecular flexibility index (Phi) is 7.04. The van der Waals surface area contributed by atoms with Gasteiger partial charge in [0.05, 0.1) is 11.5 Å². The molecular weight excluding hydrogens is 398 g/mol. The molecule has 3 rings (SSSR count). The highest BCUT2D eigenvalue weighted by molar-refractivity contribution is 5.94. The Bertz CT molecular complexity index is 967. The van der Waals surface area contributed by atoms with Crippen molar-refractivity contribution in [2.24, 2.45) is 0 Å². The Labute approximate surface area is 181 Å². The third-order valence-corrected chi connectivity index (χ3v) is 5.61. The molecule has 0 radical (unpaired) electrons. The number of nitrogens with zero attached hydrogens (tertiary/aromatic N) is 4. The van der Waals surface area contributed by atoms with Gasteiger partial charge in [-0.2, -0.15) is 5.10 Å². The van der Waals surface area contributed by atoms with Crippen LogP contribution in [0.25, 0.3) is 0 Å². The van der Waals surface area contributed by atoms with Crippen molar-refractivity contribution in [2.75, 3.05) is 13.1 Å². The van der Waals surface area contributed by atoms with E-state index in [9.17, 15) is 19.7 Å². The van der Waals surface area contributed by atoms with Gasteiger partial charge in [0.1, 0.15) is 11.4 Å². The lowest BCUT2D eigenvalue weighted by Crippen LogP contribution is -2.49. The number of hydrogen-bond donors (Lipinski definition) is 1. The number of nitrogens with one attached hydrogen (secondary N) is 1. The van der Waals surface area contributed by atoms with Crippen molar-refractivity contribution in [1.29, 1.82) is 0 Å². The van der Waals surface area contributed by atoms with Crippen molar-refractivity contribution in [3.05, 3.63) is 56.9 Å². The van der Waals surface area contributed by atoms with Crippen LogP contribution in [0, 0.1) is 24.0 Å². The maximum atomic E-state index is 12.9. The first-order valence-electron chi connectivity index (χ1n) is 10.7. The zero-order chi connectivity index (χ0) is 22.5. The molecule has 2 aromatic rings. The molecule has 0 saturated carbocycles. The van der Waals surface area contributed by atoms with Gasteiger partial charge in [0.15, 0.2) is 0 Å². The van der Waals surface area contributed by atoms with Crippen LogP contribution in [0.15, 0.2) is 24.3 Å². The van der Waals surface area contributed by atoms with E-state index in [1.165, 1.54) is 0 Å². The molecule has 2 amide bonds. The molecule has 166 valence electrons. The van der Waals surface area contributed by atoms with E-state index in [0.717, 1.165) is 24.8 Å². The standard InChI is InChI=1S/C22H29N5O4/c1-4-6-20(28)23-19-7-5-12-25(14-19)22(29)18-10-8-17(9-11-18)13-26-16(3)21(27(30)31)15(2)24-26/h8-11,19H,4-7,12-14H2,1-3H3,(H,23,28). The highest BCUT2D eigenvalue weighted by atomic mass is 16.6. The highest BCUT2D eigenvalue weighted by Crippen LogP contribution is 2.23. The van der Waals surface area contributed by atoms with E-state index in [1.807, 2.05) is 19.1 Å². The van der Waals surface area contributed by atoms with E-state index in [-0.39, 0.29) is 23.5 Å². The van der Waals surface area contributed by atoms with Gasteiger partial charge in [-0.3, -0.25) is 24.4 Å². The van der Waals surface area contributed by atoms with Gasteiger partial charge in [0.2, 0.25) is 5.91 Å². The van der Waals surface area contributed by atoms with Gasteiger partial charge in [0, 0.05) is 31.1 Å². The first kappa shape index (κ1) is 22.5. The molecule has 9 heteroatoms. The second-order valence-electron chi connectivity index (χ2n) is 8.04. The third kappa shape index (κ3) is 5.28. The molecule has 31 heavy (non-hydrogen) atoms. The van der Waals surface area contributed by atoms with Crippen molar-refractivity contribution in [2.45, 2.75) is 59.0 Å². The number of hydrogen-bond acceptors (Lipinski definition) is 5. The smallest absolute Gasteiger partial charge is 0.312 e. The summed E-state index contributed by atoms with van der Waals surface area (Å²) in [7, 11) is 0. The Morgan fingerprint density at radius 3 is 2.58 bits per heavy atom. The molecular formula is C22H29N5O4. The summed E-state index contributed by atoms with van der Waals surface area (Å²) in [6, 6.07) is 7.24. The fraction of sp³-hybridized carbons (Fsp3) is 0.500. The normalized spacial score (nSPS) is 16.2. The van der Waals surface area contributed by atoms with E-state index in [2.05, 4.69) is 10.4 Å². The molecule has 9 nitrogen and oxygen atoms in total. The second kappa shape index (κ2) is 9.72. The number of carbonyl (C=O) groups excluding carboxylic acids is 2. The number of aromatic nitrogens is 2. The van der Waals surface area contributed by atoms with Crippen molar-refractivity contribution in [1.82, 2.24) is 20.0 Å². The second-order valence-corrected chi connectivity index (χ2v) is 8.04.